The molecule has 0 saturated heterocycles. The van der Waals surface area contributed by atoms with Crippen LogP contribution in [0.25, 0.3) is 0 Å². The number of rotatable bonds is 6. The fourth-order valence-corrected chi connectivity index (χ4v) is 5.88. The van der Waals surface area contributed by atoms with E-state index in [0.717, 1.165) is 17.9 Å². The van der Waals surface area contributed by atoms with Crippen molar-refractivity contribution in [2.24, 2.45) is 0 Å². The van der Waals surface area contributed by atoms with Crippen LogP contribution >= 0.6 is 38.9 Å². The van der Waals surface area contributed by atoms with Crippen LogP contribution in [0.1, 0.15) is 25.7 Å². The van der Waals surface area contributed by atoms with E-state index in [1.54, 1.807) is 0 Å². The normalized spacial score (nSPS) is 17.2. The number of thiophene rings is 1. The summed E-state index contributed by atoms with van der Waals surface area (Å²) in [4.78, 5) is 2.24. The van der Waals surface area contributed by atoms with Crippen molar-refractivity contribution in [3.63, 3.8) is 0 Å². The zero-order valence-electron chi connectivity index (χ0n) is 11.2. The number of halogens is 2. The molecule has 1 N–H and O–H groups in total. The van der Waals surface area contributed by atoms with Gasteiger partial charge in [-0.05, 0) is 41.9 Å². The van der Waals surface area contributed by atoms with E-state index in [0.29, 0.717) is 21.4 Å². The zero-order chi connectivity index (χ0) is 14.8. The highest BCUT2D eigenvalue weighted by Gasteiger charge is 2.21. The Hall–Kier alpha value is 0.340. The molecule has 1 saturated carbocycles. The van der Waals surface area contributed by atoms with Crippen LogP contribution in [0.3, 0.4) is 0 Å². The summed E-state index contributed by atoms with van der Waals surface area (Å²) in [5.41, 5.74) is 0. The zero-order valence-corrected chi connectivity index (χ0v) is 15.2. The standard InChI is InChI=1S/C12H18BrClN2O2S2/c1-16(9-4-2-3-5-9)7-6-15-20(17,18)11-8-10(14)12(13)19-11/h8-9,15H,2-7H2,1H3. The summed E-state index contributed by atoms with van der Waals surface area (Å²) in [5.74, 6) is 0. The SMILES string of the molecule is CN(CCNS(=O)(=O)c1cc(Cl)c(Br)s1)C1CCCC1. The summed E-state index contributed by atoms with van der Waals surface area (Å²) in [6.45, 7) is 1.15. The first-order valence-corrected chi connectivity index (χ1v) is 10.0. The molecule has 1 aromatic rings. The second kappa shape index (κ2) is 7.07. The van der Waals surface area contributed by atoms with Gasteiger partial charge in [0.05, 0.1) is 8.81 Å². The highest BCUT2D eigenvalue weighted by atomic mass is 79.9. The van der Waals surface area contributed by atoms with Crippen LogP contribution in [0, 0.1) is 0 Å². The lowest BCUT2D eigenvalue weighted by Crippen LogP contribution is -2.37. The molecule has 114 valence electrons. The van der Waals surface area contributed by atoms with E-state index < -0.39 is 10.0 Å². The maximum absolute atomic E-state index is 12.1. The van der Waals surface area contributed by atoms with Crippen molar-refractivity contribution in [2.75, 3.05) is 20.1 Å². The number of likely N-dealkylation sites (N-methyl/N-ethyl adjacent to an activating group) is 1. The second-order valence-electron chi connectivity index (χ2n) is 5.00. The van der Waals surface area contributed by atoms with Crippen molar-refractivity contribution < 1.29 is 8.42 Å². The molecule has 1 heterocycles. The van der Waals surface area contributed by atoms with Crippen LogP contribution < -0.4 is 4.72 Å². The molecule has 0 spiro atoms. The minimum atomic E-state index is -3.45. The summed E-state index contributed by atoms with van der Waals surface area (Å²) < 4.78 is 27.7. The average Bonchev–Trinajstić information content (AvgIpc) is 3.00. The number of hydrogen-bond donors (Lipinski definition) is 1. The van der Waals surface area contributed by atoms with Gasteiger partial charge in [-0.1, -0.05) is 24.4 Å². The van der Waals surface area contributed by atoms with Gasteiger partial charge in [0.2, 0.25) is 10.0 Å². The molecular formula is C12H18BrClN2O2S2. The molecule has 0 atom stereocenters. The van der Waals surface area contributed by atoms with Crippen LogP contribution in [-0.4, -0.2) is 39.5 Å². The molecule has 1 fully saturated rings. The number of hydrogen-bond acceptors (Lipinski definition) is 4. The van der Waals surface area contributed by atoms with Gasteiger partial charge in [0.25, 0.3) is 0 Å². The molecule has 4 nitrogen and oxygen atoms in total. The largest absolute Gasteiger partial charge is 0.302 e. The third-order valence-corrected chi connectivity index (χ3v) is 8.00. The van der Waals surface area contributed by atoms with Crippen molar-refractivity contribution in [1.29, 1.82) is 0 Å². The van der Waals surface area contributed by atoms with Gasteiger partial charge in [0, 0.05) is 19.1 Å². The van der Waals surface area contributed by atoms with Gasteiger partial charge in [-0.25, -0.2) is 13.1 Å². The molecule has 2 rings (SSSR count). The van der Waals surface area contributed by atoms with Crippen molar-refractivity contribution in [2.45, 2.75) is 35.9 Å². The van der Waals surface area contributed by atoms with E-state index >= 15 is 0 Å². The number of nitrogens with zero attached hydrogens (tertiary/aromatic N) is 1. The van der Waals surface area contributed by atoms with Crippen molar-refractivity contribution in [3.05, 3.63) is 14.9 Å². The van der Waals surface area contributed by atoms with Crippen LogP contribution in [0.5, 0.6) is 0 Å². The van der Waals surface area contributed by atoms with E-state index in [1.807, 2.05) is 0 Å². The van der Waals surface area contributed by atoms with Gasteiger partial charge in [-0.15, -0.1) is 11.3 Å². The third-order valence-electron chi connectivity index (χ3n) is 3.59. The van der Waals surface area contributed by atoms with Gasteiger partial charge >= 0.3 is 0 Å². The first kappa shape index (κ1) is 16.7. The molecular weight excluding hydrogens is 384 g/mol. The highest BCUT2D eigenvalue weighted by Crippen LogP contribution is 2.34. The Morgan fingerprint density at radius 1 is 1.50 bits per heavy atom. The first-order valence-electron chi connectivity index (χ1n) is 6.55. The maximum Gasteiger partial charge on any atom is 0.250 e. The molecule has 1 aliphatic carbocycles. The molecule has 0 unspecified atom stereocenters. The predicted molar refractivity (Wildman–Crippen MR) is 87.1 cm³/mol. The Labute approximate surface area is 137 Å². The first-order chi connectivity index (χ1) is 9.40. The molecule has 0 aromatic carbocycles. The topological polar surface area (TPSA) is 49.4 Å². The van der Waals surface area contributed by atoms with Crippen LogP contribution in [0.2, 0.25) is 5.02 Å². The number of nitrogens with one attached hydrogen (secondary N) is 1. The minimum Gasteiger partial charge on any atom is -0.302 e. The summed E-state index contributed by atoms with van der Waals surface area (Å²) in [6.07, 6.45) is 5.00. The molecule has 1 aliphatic rings. The van der Waals surface area contributed by atoms with Crippen LogP contribution in [0.15, 0.2) is 14.1 Å². The molecule has 0 aliphatic heterocycles. The Balaban J connectivity index is 1.86. The van der Waals surface area contributed by atoms with E-state index in [2.05, 4.69) is 32.6 Å². The molecule has 8 heteroatoms. The summed E-state index contributed by atoms with van der Waals surface area (Å²) in [6, 6.07) is 2.07. The summed E-state index contributed by atoms with van der Waals surface area (Å²) >= 11 is 10.2. The Morgan fingerprint density at radius 2 is 2.15 bits per heavy atom. The lowest BCUT2D eigenvalue weighted by atomic mass is 10.2. The van der Waals surface area contributed by atoms with Gasteiger partial charge < -0.3 is 4.90 Å². The average molecular weight is 402 g/mol. The molecule has 1 aromatic heterocycles. The minimum absolute atomic E-state index is 0.248. The highest BCUT2D eigenvalue weighted by molar-refractivity contribution is 9.11. The van der Waals surface area contributed by atoms with Crippen molar-refractivity contribution in [3.8, 4) is 0 Å². The van der Waals surface area contributed by atoms with Gasteiger partial charge in [-0.2, -0.15) is 0 Å². The smallest absolute Gasteiger partial charge is 0.250 e. The van der Waals surface area contributed by atoms with E-state index in [9.17, 15) is 8.42 Å². The maximum atomic E-state index is 12.1. The quantitative estimate of drug-likeness (QED) is 0.795. The Kier molecular flexibility index (Phi) is 5.90. The van der Waals surface area contributed by atoms with Gasteiger partial charge in [0.1, 0.15) is 4.21 Å². The summed E-state index contributed by atoms with van der Waals surface area (Å²) in [7, 11) is -1.40. The van der Waals surface area contributed by atoms with Crippen LogP contribution in [0.4, 0.5) is 0 Å². The summed E-state index contributed by atoms with van der Waals surface area (Å²) in [5, 5.41) is 0.429. The van der Waals surface area contributed by atoms with E-state index in [1.165, 1.54) is 31.7 Å². The fraction of sp³-hybridized carbons (Fsp3) is 0.667. The lowest BCUT2D eigenvalue weighted by molar-refractivity contribution is 0.250. The fourth-order valence-electron chi connectivity index (χ4n) is 2.41. The number of sulfonamides is 1. The Bertz CT molecular complexity index is 536. The van der Waals surface area contributed by atoms with E-state index in [-0.39, 0.29) is 4.21 Å². The molecule has 0 amide bonds. The van der Waals surface area contributed by atoms with Crippen molar-refractivity contribution in [1.82, 2.24) is 9.62 Å². The third kappa shape index (κ3) is 4.18. The van der Waals surface area contributed by atoms with Gasteiger partial charge in [0.15, 0.2) is 0 Å². The van der Waals surface area contributed by atoms with E-state index in [4.69, 9.17) is 11.6 Å². The van der Waals surface area contributed by atoms with Gasteiger partial charge in [-0.3, -0.25) is 0 Å². The van der Waals surface area contributed by atoms with Crippen molar-refractivity contribution >= 4 is 48.9 Å². The molecule has 0 radical (unpaired) electrons. The Morgan fingerprint density at radius 3 is 2.70 bits per heavy atom. The monoisotopic (exact) mass is 400 g/mol. The molecule has 0 bridgehead atoms. The molecule has 20 heavy (non-hydrogen) atoms. The lowest BCUT2D eigenvalue weighted by Gasteiger charge is -2.23. The second-order valence-corrected chi connectivity index (χ2v) is 9.77. The predicted octanol–water partition coefficient (Wildman–Crippen LogP) is 3.32. The van der Waals surface area contributed by atoms with Crippen LogP contribution in [-0.2, 0) is 10.0 Å².